The molecule has 0 atom stereocenters. The third-order valence-electron chi connectivity index (χ3n) is 4.06. The van der Waals surface area contributed by atoms with Gasteiger partial charge in [0.15, 0.2) is 0 Å². The van der Waals surface area contributed by atoms with Crippen LogP contribution in [0.5, 0.6) is 0 Å². The molecule has 0 aromatic heterocycles. The smallest absolute Gasteiger partial charge is 0.241 e. The van der Waals surface area contributed by atoms with E-state index in [4.69, 9.17) is 4.74 Å². The first-order valence-electron chi connectivity index (χ1n) is 8.33. The van der Waals surface area contributed by atoms with Gasteiger partial charge in [0.1, 0.15) is 11.4 Å². The highest BCUT2D eigenvalue weighted by Crippen LogP contribution is 2.29. The van der Waals surface area contributed by atoms with E-state index in [0.29, 0.717) is 11.1 Å². The topological polar surface area (TPSA) is 70.2 Å². The average molecular weight is 396 g/mol. The van der Waals surface area contributed by atoms with Crippen LogP contribution in [0.15, 0.2) is 35.7 Å². The maximum absolute atomic E-state index is 13.2. The van der Waals surface area contributed by atoms with Gasteiger partial charge in [-0.15, -0.1) is 12.4 Å². The van der Waals surface area contributed by atoms with E-state index in [9.17, 15) is 14.4 Å². The summed E-state index contributed by atoms with van der Waals surface area (Å²) in [5, 5.41) is 0. The maximum atomic E-state index is 13.2. The van der Waals surface area contributed by atoms with Gasteiger partial charge in [-0.05, 0) is 14.1 Å². The largest absolute Gasteiger partial charge is 0.383 e. The molecule has 8 heteroatoms. The molecule has 0 aliphatic heterocycles. The van der Waals surface area contributed by atoms with E-state index in [0.717, 1.165) is 0 Å². The molecule has 148 valence electrons. The van der Waals surface area contributed by atoms with Crippen LogP contribution in [0, 0.1) is 0 Å². The molecule has 1 aromatic rings. The van der Waals surface area contributed by atoms with E-state index in [-0.39, 0.29) is 61.0 Å². The molecule has 1 amide bonds. The average Bonchev–Trinajstić information content (AvgIpc) is 2.58. The van der Waals surface area contributed by atoms with Gasteiger partial charge in [0, 0.05) is 38.9 Å². The summed E-state index contributed by atoms with van der Waals surface area (Å²) >= 11 is 0. The number of allylic oxidation sites excluding steroid dienone is 2. The predicted octanol–water partition coefficient (Wildman–Crippen LogP) is 1.30. The molecule has 0 spiro atoms. The number of fused-ring (bicyclic) bond motifs is 1. The lowest BCUT2D eigenvalue weighted by atomic mass is 9.89. The Hall–Kier alpha value is -2.22. The summed E-state index contributed by atoms with van der Waals surface area (Å²) in [6, 6.07) is 6.69. The van der Waals surface area contributed by atoms with Crippen molar-refractivity contribution in [1.82, 2.24) is 14.7 Å². The number of methoxy groups -OCH3 is 1. The van der Waals surface area contributed by atoms with Crippen molar-refractivity contribution >= 4 is 29.9 Å². The molecule has 27 heavy (non-hydrogen) atoms. The third-order valence-corrected chi connectivity index (χ3v) is 4.06. The van der Waals surface area contributed by atoms with Gasteiger partial charge in [-0.2, -0.15) is 0 Å². The highest BCUT2D eigenvalue weighted by atomic mass is 35.5. The number of rotatable bonds is 7. The first-order valence-corrected chi connectivity index (χ1v) is 8.33. The van der Waals surface area contributed by atoms with Crippen molar-refractivity contribution in [1.29, 1.82) is 0 Å². The number of Topliss-reactive ketones (excluding diaryl/α,β-unsaturated/α-hetero) is 2. The van der Waals surface area contributed by atoms with Crippen LogP contribution in [-0.2, 0) is 9.53 Å². The lowest BCUT2D eigenvalue weighted by molar-refractivity contribution is -0.130. The van der Waals surface area contributed by atoms with Gasteiger partial charge in [0.05, 0.1) is 13.2 Å². The summed E-state index contributed by atoms with van der Waals surface area (Å²) in [6.45, 7) is 0.570. The van der Waals surface area contributed by atoms with E-state index in [1.54, 1.807) is 62.3 Å². The fourth-order valence-corrected chi connectivity index (χ4v) is 2.91. The zero-order valence-electron chi connectivity index (χ0n) is 16.3. The van der Waals surface area contributed by atoms with E-state index in [1.165, 1.54) is 12.0 Å². The summed E-state index contributed by atoms with van der Waals surface area (Å²) in [7, 11) is 8.46. The van der Waals surface area contributed by atoms with Gasteiger partial charge in [-0.3, -0.25) is 14.4 Å². The van der Waals surface area contributed by atoms with E-state index in [1.807, 2.05) is 0 Å². The number of carbonyl (C=O) groups excluding carboxylic acids is 3. The van der Waals surface area contributed by atoms with Crippen LogP contribution >= 0.6 is 12.4 Å². The van der Waals surface area contributed by atoms with Crippen molar-refractivity contribution in [2.24, 2.45) is 0 Å². The van der Waals surface area contributed by atoms with Gasteiger partial charge in [-0.25, -0.2) is 0 Å². The molecule has 0 bridgehead atoms. The highest BCUT2D eigenvalue weighted by molar-refractivity contribution is 6.27. The molecule has 0 unspecified atom stereocenters. The lowest BCUT2D eigenvalue weighted by Gasteiger charge is -2.32. The van der Waals surface area contributed by atoms with Crippen LogP contribution in [0.25, 0.3) is 0 Å². The highest BCUT2D eigenvalue weighted by Gasteiger charge is 2.38. The molecule has 1 aromatic carbocycles. The lowest BCUT2D eigenvalue weighted by Crippen LogP contribution is -2.45. The molecule has 0 saturated heterocycles. The second-order valence-corrected chi connectivity index (χ2v) is 6.57. The Labute approximate surface area is 166 Å². The van der Waals surface area contributed by atoms with Crippen LogP contribution in [0.1, 0.15) is 20.7 Å². The van der Waals surface area contributed by atoms with E-state index >= 15 is 0 Å². The van der Waals surface area contributed by atoms with Crippen molar-refractivity contribution in [2.45, 2.75) is 0 Å². The Morgan fingerprint density at radius 1 is 0.963 bits per heavy atom. The van der Waals surface area contributed by atoms with Gasteiger partial charge in [0.2, 0.25) is 17.5 Å². The van der Waals surface area contributed by atoms with E-state index in [2.05, 4.69) is 0 Å². The SMILES string of the molecule is COCCN(C(=O)CN(C)C)C1=C(N(C)C)C(=O)c2ccccc2C1=O.Cl. The molecule has 0 radical (unpaired) electrons. The molecule has 0 fully saturated rings. The number of amides is 1. The van der Waals surface area contributed by atoms with Crippen molar-refractivity contribution < 1.29 is 19.1 Å². The Bertz CT molecular complexity index is 759. The van der Waals surface area contributed by atoms with Gasteiger partial charge >= 0.3 is 0 Å². The van der Waals surface area contributed by atoms with Crippen molar-refractivity contribution in [3.8, 4) is 0 Å². The summed E-state index contributed by atoms with van der Waals surface area (Å²) in [5.74, 6) is -0.852. The van der Waals surface area contributed by atoms with Crippen LogP contribution in [0.4, 0.5) is 0 Å². The number of halogens is 1. The van der Waals surface area contributed by atoms with Crippen LogP contribution < -0.4 is 0 Å². The standard InChI is InChI=1S/C19H25N3O4.ClH/c1-20(2)12-15(23)22(10-11-26-5)17-16(21(3)4)18(24)13-8-6-7-9-14(13)19(17)25;/h6-9H,10-12H2,1-5H3;1H. The maximum Gasteiger partial charge on any atom is 0.241 e. The monoisotopic (exact) mass is 395 g/mol. The Balaban J connectivity index is 0.00000364. The van der Waals surface area contributed by atoms with Crippen molar-refractivity contribution in [3.05, 3.63) is 46.8 Å². The zero-order valence-corrected chi connectivity index (χ0v) is 17.1. The minimum Gasteiger partial charge on any atom is -0.383 e. The van der Waals surface area contributed by atoms with Crippen LogP contribution in [-0.4, -0.2) is 87.2 Å². The summed E-state index contributed by atoms with van der Waals surface area (Å²) < 4.78 is 5.11. The number of ether oxygens (including phenoxy) is 1. The number of benzene rings is 1. The predicted molar refractivity (Wildman–Crippen MR) is 105 cm³/mol. The second-order valence-electron chi connectivity index (χ2n) is 6.57. The Kier molecular flexibility index (Phi) is 8.15. The first kappa shape index (κ1) is 22.8. The first-order chi connectivity index (χ1) is 12.3. The van der Waals surface area contributed by atoms with Crippen molar-refractivity contribution in [2.75, 3.05) is 55.0 Å². The van der Waals surface area contributed by atoms with Gasteiger partial charge in [0.25, 0.3) is 0 Å². The molecular formula is C19H26ClN3O4. The summed E-state index contributed by atoms with van der Waals surface area (Å²) in [5.41, 5.74) is 1.01. The minimum atomic E-state index is -0.327. The van der Waals surface area contributed by atoms with Gasteiger partial charge < -0.3 is 19.4 Å². The van der Waals surface area contributed by atoms with Crippen LogP contribution in [0.3, 0.4) is 0 Å². The number of nitrogens with zero attached hydrogens (tertiary/aromatic N) is 3. The molecule has 0 heterocycles. The Morgan fingerprint density at radius 2 is 1.48 bits per heavy atom. The van der Waals surface area contributed by atoms with Crippen LogP contribution in [0.2, 0.25) is 0 Å². The molecule has 2 rings (SSSR count). The normalized spacial score (nSPS) is 13.4. The molecule has 7 nitrogen and oxygen atoms in total. The fourth-order valence-electron chi connectivity index (χ4n) is 2.91. The number of likely N-dealkylation sites (N-methyl/N-ethyl adjacent to an activating group) is 2. The summed E-state index contributed by atoms with van der Waals surface area (Å²) in [6.07, 6.45) is 0. The van der Waals surface area contributed by atoms with Crippen molar-refractivity contribution in [3.63, 3.8) is 0 Å². The third kappa shape index (κ3) is 4.74. The molecule has 1 aliphatic carbocycles. The molecular weight excluding hydrogens is 370 g/mol. The summed E-state index contributed by atoms with van der Waals surface area (Å²) in [4.78, 5) is 43.7. The zero-order chi connectivity index (χ0) is 19.4. The minimum absolute atomic E-state index is 0. The van der Waals surface area contributed by atoms with Gasteiger partial charge in [-0.1, -0.05) is 24.3 Å². The number of carbonyl (C=O) groups is 3. The Morgan fingerprint density at radius 3 is 1.93 bits per heavy atom. The fraction of sp³-hybridized carbons (Fsp3) is 0.421. The quantitative estimate of drug-likeness (QED) is 0.693. The second kappa shape index (κ2) is 9.64. The molecule has 1 aliphatic rings. The number of hydrogen-bond acceptors (Lipinski definition) is 6. The van der Waals surface area contributed by atoms with E-state index < -0.39 is 0 Å². The molecule has 0 N–H and O–H groups in total. The number of hydrogen-bond donors (Lipinski definition) is 0. The number of ketones is 2. The molecule has 0 saturated carbocycles.